The van der Waals surface area contributed by atoms with Crippen molar-refractivity contribution >= 4 is 35.1 Å². The van der Waals surface area contributed by atoms with E-state index in [2.05, 4.69) is 10.6 Å². The average Bonchev–Trinajstić information content (AvgIpc) is 2.92. The van der Waals surface area contributed by atoms with Gasteiger partial charge in [0.1, 0.15) is 12.6 Å². The molecule has 8 nitrogen and oxygen atoms in total. The number of carbonyl (C=O) groups is 4. The molecule has 156 valence electrons. The quantitative estimate of drug-likeness (QED) is 0.718. The van der Waals surface area contributed by atoms with E-state index in [9.17, 15) is 19.2 Å². The largest absolute Gasteiger partial charge is 0.352 e. The van der Waals surface area contributed by atoms with Gasteiger partial charge in [-0.3, -0.25) is 24.2 Å². The number of benzene rings is 2. The van der Waals surface area contributed by atoms with Crippen molar-refractivity contribution < 1.29 is 19.2 Å². The van der Waals surface area contributed by atoms with Gasteiger partial charge in [0, 0.05) is 23.5 Å². The van der Waals surface area contributed by atoms with Crippen LogP contribution in [0.3, 0.4) is 0 Å². The lowest BCUT2D eigenvalue weighted by atomic mass is 10.2. The second-order valence-corrected chi connectivity index (χ2v) is 7.08. The maximum atomic E-state index is 12.8. The molecule has 0 aliphatic carbocycles. The molecule has 0 saturated carbocycles. The summed E-state index contributed by atoms with van der Waals surface area (Å²) in [4.78, 5) is 52.2. The number of anilines is 2. The molecule has 0 spiro atoms. The lowest BCUT2D eigenvalue weighted by Gasteiger charge is -2.19. The van der Waals surface area contributed by atoms with Crippen LogP contribution >= 0.6 is 0 Å². The van der Waals surface area contributed by atoms with Crippen LogP contribution in [0.1, 0.15) is 29.8 Å². The third-order valence-electron chi connectivity index (χ3n) is 4.81. The molecule has 0 bridgehead atoms. The topological polar surface area (TPSA) is 98.8 Å². The van der Waals surface area contributed by atoms with Gasteiger partial charge < -0.3 is 10.6 Å². The summed E-state index contributed by atoms with van der Waals surface area (Å²) in [6, 6.07) is 12.5. The summed E-state index contributed by atoms with van der Waals surface area (Å²) in [5.41, 5.74) is 2.45. The zero-order valence-corrected chi connectivity index (χ0v) is 17.1. The summed E-state index contributed by atoms with van der Waals surface area (Å²) in [5.74, 6) is -1.21. The van der Waals surface area contributed by atoms with Crippen LogP contribution in [-0.2, 0) is 9.59 Å². The van der Waals surface area contributed by atoms with E-state index in [1.54, 1.807) is 37.3 Å². The summed E-state index contributed by atoms with van der Waals surface area (Å²) in [6.45, 7) is 5.46. The minimum absolute atomic E-state index is 0.249. The predicted molar refractivity (Wildman–Crippen MR) is 113 cm³/mol. The lowest BCUT2D eigenvalue weighted by molar-refractivity contribution is -0.130. The van der Waals surface area contributed by atoms with Gasteiger partial charge in [-0.05, 0) is 51.1 Å². The van der Waals surface area contributed by atoms with E-state index in [4.69, 9.17) is 0 Å². The normalized spacial score (nSPS) is 16.0. The van der Waals surface area contributed by atoms with Crippen molar-refractivity contribution in [3.8, 4) is 0 Å². The Kier molecular flexibility index (Phi) is 6.15. The molecule has 8 heteroatoms. The second-order valence-electron chi connectivity index (χ2n) is 7.08. The molecule has 0 unspecified atom stereocenters. The minimum Gasteiger partial charge on any atom is -0.352 e. The van der Waals surface area contributed by atoms with Gasteiger partial charge in [0.05, 0.1) is 0 Å². The van der Waals surface area contributed by atoms with Crippen molar-refractivity contribution in [1.82, 2.24) is 10.2 Å². The first-order valence-corrected chi connectivity index (χ1v) is 9.71. The minimum atomic E-state index is -0.700. The highest BCUT2D eigenvalue weighted by Gasteiger charge is 2.44. The van der Waals surface area contributed by atoms with Crippen LogP contribution in [0.15, 0.2) is 48.5 Å². The predicted octanol–water partition coefficient (Wildman–Crippen LogP) is 2.54. The molecule has 1 atom stereocenters. The Morgan fingerprint density at radius 3 is 2.43 bits per heavy atom. The van der Waals surface area contributed by atoms with Crippen molar-refractivity contribution in [2.75, 3.05) is 23.3 Å². The smallest absolute Gasteiger partial charge is 0.332 e. The summed E-state index contributed by atoms with van der Waals surface area (Å²) in [6.07, 6.45) is 0. The van der Waals surface area contributed by atoms with Gasteiger partial charge in [-0.25, -0.2) is 4.79 Å². The summed E-state index contributed by atoms with van der Waals surface area (Å²) in [7, 11) is 0. The Balaban J connectivity index is 1.70. The molecule has 0 radical (unpaired) electrons. The average molecular weight is 408 g/mol. The first-order valence-electron chi connectivity index (χ1n) is 9.71. The summed E-state index contributed by atoms with van der Waals surface area (Å²) < 4.78 is 0. The molecule has 3 rings (SSSR count). The van der Waals surface area contributed by atoms with Crippen LogP contribution in [0.25, 0.3) is 0 Å². The Morgan fingerprint density at radius 1 is 1.07 bits per heavy atom. The highest BCUT2D eigenvalue weighted by molar-refractivity contribution is 6.16. The van der Waals surface area contributed by atoms with Gasteiger partial charge in [-0.1, -0.05) is 23.8 Å². The molecule has 1 heterocycles. The van der Waals surface area contributed by atoms with Crippen LogP contribution in [0.5, 0.6) is 0 Å². The van der Waals surface area contributed by atoms with Crippen LogP contribution in [0, 0.1) is 6.92 Å². The number of imide groups is 1. The number of aryl methyl sites for hydroxylation is 1. The first kappa shape index (κ1) is 21.0. The molecule has 2 aromatic carbocycles. The highest BCUT2D eigenvalue weighted by Crippen LogP contribution is 2.26. The van der Waals surface area contributed by atoms with Crippen molar-refractivity contribution in [2.24, 2.45) is 0 Å². The molecule has 0 aromatic heterocycles. The maximum Gasteiger partial charge on any atom is 0.332 e. The molecule has 5 amide bonds. The molecule has 1 saturated heterocycles. The van der Waals surface area contributed by atoms with E-state index < -0.39 is 30.4 Å². The number of hydrogen-bond acceptors (Lipinski definition) is 4. The molecule has 1 aliphatic rings. The van der Waals surface area contributed by atoms with E-state index in [0.717, 1.165) is 10.5 Å². The number of hydrogen-bond donors (Lipinski definition) is 2. The molecule has 2 aromatic rings. The number of nitrogens with zero attached hydrogens (tertiary/aromatic N) is 2. The van der Waals surface area contributed by atoms with Gasteiger partial charge in [-0.2, -0.15) is 0 Å². The number of urea groups is 1. The zero-order valence-electron chi connectivity index (χ0n) is 17.1. The highest BCUT2D eigenvalue weighted by atomic mass is 16.2. The molecular formula is C22H24N4O4. The fourth-order valence-corrected chi connectivity index (χ4v) is 3.26. The van der Waals surface area contributed by atoms with E-state index in [0.29, 0.717) is 23.5 Å². The van der Waals surface area contributed by atoms with E-state index in [1.165, 1.54) is 11.0 Å². The lowest BCUT2D eigenvalue weighted by Crippen LogP contribution is -2.39. The van der Waals surface area contributed by atoms with Crippen LogP contribution < -0.4 is 15.5 Å². The molecule has 30 heavy (non-hydrogen) atoms. The van der Waals surface area contributed by atoms with Gasteiger partial charge in [-0.15, -0.1) is 0 Å². The number of amides is 5. The van der Waals surface area contributed by atoms with Crippen molar-refractivity contribution in [1.29, 1.82) is 0 Å². The number of nitrogens with one attached hydrogen (secondary N) is 2. The van der Waals surface area contributed by atoms with E-state index in [-0.39, 0.29) is 5.91 Å². The Morgan fingerprint density at radius 2 is 1.77 bits per heavy atom. The first-order chi connectivity index (χ1) is 14.3. The monoisotopic (exact) mass is 408 g/mol. The van der Waals surface area contributed by atoms with Gasteiger partial charge in [0.25, 0.3) is 11.8 Å². The third-order valence-corrected chi connectivity index (χ3v) is 4.81. The van der Waals surface area contributed by atoms with Gasteiger partial charge >= 0.3 is 6.03 Å². The Hall–Kier alpha value is -3.68. The third kappa shape index (κ3) is 4.32. The van der Waals surface area contributed by atoms with Crippen LogP contribution in [0.4, 0.5) is 16.2 Å². The standard InChI is InChI=1S/C22H24N4O4/c1-4-23-20(28)16-6-5-7-17(12-16)24-19(27)13-25-21(29)15(3)26(22(25)30)18-10-8-14(2)9-11-18/h5-12,15H,4,13H2,1-3H3,(H,23,28)(H,24,27)/t15-/m1/s1. The van der Waals surface area contributed by atoms with Gasteiger partial charge in [0.15, 0.2) is 0 Å². The van der Waals surface area contributed by atoms with E-state index in [1.807, 2.05) is 26.0 Å². The fourth-order valence-electron chi connectivity index (χ4n) is 3.26. The van der Waals surface area contributed by atoms with Crippen molar-refractivity contribution in [3.63, 3.8) is 0 Å². The second kappa shape index (κ2) is 8.77. The number of carbonyl (C=O) groups excluding carboxylic acids is 4. The Labute approximate surface area is 174 Å². The van der Waals surface area contributed by atoms with Gasteiger partial charge in [0.2, 0.25) is 5.91 Å². The Bertz CT molecular complexity index is 987. The summed E-state index contributed by atoms with van der Waals surface area (Å²) in [5, 5.41) is 5.33. The molecule has 2 N–H and O–H groups in total. The number of rotatable bonds is 6. The molecular weight excluding hydrogens is 384 g/mol. The fraction of sp³-hybridized carbons (Fsp3) is 0.273. The molecule has 1 fully saturated rings. The van der Waals surface area contributed by atoms with Crippen LogP contribution in [0.2, 0.25) is 0 Å². The SMILES string of the molecule is CCNC(=O)c1cccc(NC(=O)CN2C(=O)[C@@H](C)N(c3ccc(C)cc3)C2=O)c1. The summed E-state index contributed by atoms with van der Waals surface area (Å²) >= 11 is 0. The van der Waals surface area contributed by atoms with Crippen LogP contribution in [-0.4, -0.2) is 47.8 Å². The van der Waals surface area contributed by atoms with Crippen molar-refractivity contribution in [3.05, 3.63) is 59.7 Å². The zero-order chi connectivity index (χ0) is 21.8. The molecule has 1 aliphatic heterocycles. The van der Waals surface area contributed by atoms with E-state index >= 15 is 0 Å². The maximum absolute atomic E-state index is 12.8. The van der Waals surface area contributed by atoms with Crippen molar-refractivity contribution in [2.45, 2.75) is 26.8 Å².